The Bertz CT molecular complexity index is 1250. The Balaban J connectivity index is 2.05. The highest BCUT2D eigenvalue weighted by Crippen LogP contribution is 2.33. The van der Waals surface area contributed by atoms with Crippen molar-refractivity contribution >= 4 is 27.5 Å². The first-order valence-corrected chi connectivity index (χ1v) is 8.30. The molecule has 3 aromatic heterocycles. The van der Waals surface area contributed by atoms with Gasteiger partial charge in [0.1, 0.15) is 12.0 Å². The predicted octanol–water partition coefficient (Wildman–Crippen LogP) is 4.71. The molecule has 0 atom stereocenters. The van der Waals surface area contributed by atoms with Crippen molar-refractivity contribution in [3.63, 3.8) is 0 Å². The first-order valence-electron chi connectivity index (χ1n) is 8.30. The largest absolute Gasteiger partial charge is 0.289 e. The Morgan fingerprint density at radius 1 is 0.800 bits per heavy atom. The Hall–Kier alpha value is -3.27. The maximum Gasteiger partial charge on any atom is 0.145 e. The van der Waals surface area contributed by atoms with Crippen molar-refractivity contribution in [3.8, 4) is 11.3 Å². The lowest BCUT2D eigenvalue weighted by Crippen LogP contribution is -1.98. The summed E-state index contributed by atoms with van der Waals surface area (Å²) in [6, 6.07) is 14.7. The molecular formula is C21H16N4. The van der Waals surface area contributed by atoms with Crippen molar-refractivity contribution < 1.29 is 0 Å². The third-order valence-corrected chi connectivity index (χ3v) is 4.86. The monoisotopic (exact) mass is 324 g/mol. The molecule has 0 unspecified atom stereocenters. The smallest absolute Gasteiger partial charge is 0.145 e. The van der Waals surface area contributed by atoms with Gasteiger partial charge in [0.25, 0.3) is 0 Å². The molecule has 0 N–H and O–H groups in total. The third kappa shape index (κ3) is 1.91. The maximum atomic E-state index is 4.76. The summed E-state index contributed by atoms with van der Waals surface area (Å²) in [5.41, 5.74) is 7.64. The summed E-state index contributed by atoms with van der Waals surface area (Å²) in [6.07, 6.45) is 5.44. The van der Waals surface area contributed by atoms with E-state index in [1.165, 1.54) is 16.7 Å². The molecular weight excluding hydrogens is 308 g/mol. The lowest BCUT2D eigenvalue weighted by atomic mass is 10.0. The Labute approximate surface area is 144 Å². The molecule has 5 rings (SSSR count). The molecule has 0 radical (unpaired) electrons. The van der Waals surface area contributed by atoms with Crippen LogP contribution in [0.15, 0.2) is 61.2 Å². The number of benzene rings is 2. The van der Waals surface area contributed by atoms with E-state index in [1.54, 1.807) is 6.33 Å². The average molecular weight is 324 g/mol. The van der Waals surface area contributed by atoms with E-state index in [9.17, 15) is 0 Å². The van der Waals surface area contributed by atoms with Gasteiger partial charge in [-0.25, -0.2) is 15.0 Å². The van der Waals surface area contributed by atoms with Gasteiger partial charge in [0.2, 0.25) is 0 Å². The first-order chi connectivity index (χ1) is 12.3. The highest BCUT2D eigenvalue weighted by atomic mass is 15.0. The van der Waals surface area contributed by atoms with Crippen LogP contribution in [0, 0.1) is 13.8 Å². The van der Waals surface area contributed by atoms with Crippen LogP contribution in [0.1, 0.15) is 11.1 Å². The maximum absolute atomic E-state index is 4.76. The fourth-order valence-electron chi connectivity index (χ4n) is 3.76. The quantitative estimate of drug-likeness (QED) is 0.419. The Morgan fingerprint density at radius 3 is 2.36 bits per heavy atom. The minimum atomic E-state index is 0.940. The lowest BCUT2D eigenvalue weighted by molar-refractivity contribution is 1.17. The zero-order valence-corrected chi connectivity index (χ0v) is 14.1. The summed E-state index contributed by atoms with van der Waals surface area (Å²) in [6.45, 7) is 4.28. The number of fused-ring (bicyclic) bond motifs is 6. The molecule has 0 amide bonds. The van der Waals surface area contributed by atoms with E-state index < -0.39 is 0 Å². The van der Waals surface area contributed by atoms with Crippen LogP contribution in [0.25, 0.3) is 38.7 Å². The highest BCUT2D eigenvalue weighted by Gasteiger charge is 2.16. The van der Waals surface area contributed by atoms with E-state index in [-0.39, 0.29) is 0 Å². The van der Waals surface area contributed by atoms with E-state index in [1.807, 2.05) is 24.5 Å². The number of aryl methyl sites for hydroxylation is 2. The van der Waals surface area contributed by atoms with E-state index in [4.69, 9.17) is 4.98 Å². The molecule has 0 aliphatic carbocycles. The molecule has 0 fully saturated rings. The van der Waals surface area contributed by atoms with E-state index in [0.717, 1.165) is 33.1 Å². The fourth-order valence-corrected chi connectivity index (χ4v) is 3.76. The molecule has 0 aliphatic rings. The minimum absolute atomic E-state index is 0.940. The van der Waals surface area contributed by atoms with Gasteiger partial charge >= 0.3 is 0 Å². The van der Waals surface area contributed by atoms with Gasteiger partial charge < -0.3 is 0 Å². The molecule has 2 aromatic carbocycles. The van der Waals surface area contributed by atoms with Crippen molar-refractivity contribution in [1.29, 1.82) is 0 Å². The number of hydrogen-bond donors (Lipinski definition) is 0. The zero-order valence-electron chi connectivity index (χ0n) is 14.1. The third-order valence-electron chi connectivity index (χ3n) is 4.86. The second-order valence-electron chi connectivity index (χ2n) is 6.37. The van der Waals surface area contributed by atoms with Crippen molar-refractivity contribution in [2.45, 2.75) is 13.8 Å². The Kier molecular flexibility index (Phi) is 2.88. The van der Waals surface area contributed by atoms with Gasteiger partial charge in [-0.2, -0.15) is 0 Å². The van der Waals surface area contributed by atoms with Crippen LogP contribution >= 0.6 is 0 Å². The summed E-state index contributed by atoms with van der Waals surface area (Å²) in [7, 11) is 0. The molecule has 5 aromatic rings. The lowest BCUT2D eigenvalue weighted by Gasteiger charge is -2.12. The van der Waals surface area contributed by atoms with Gasteiger partial charge in [-0.3, -0.25) is 4.40 Å². The Morgan fingerprint density at radius 2 is 1.56 bits per heavy atom. The summed E-state index contributed by atoms with van der Waals surface area (Å²) < 4.78 is 2.19. The molecule has 4 nitrogen and oxygen atoms in total. The van der Waals surface area contributed by atoms with Gasteiger partial charge in [-0.05, 0) is 25.0 Å². The van der Waals surface area contributed by atoms with Gasteiger partial charge in [-0.1, -0.05) is 42.5 Å². The van der Waals surface area contributed by atoms with Crippen LogP contribution in [-0.4, -0.2) is 19.4 Å². The summed E-state index contributed by atoms with van der Waals surface area (Å²) >= 11 is 0. The van der Waals surface area contributed by atoms with Crippen LogP contribution in [0.2, 0.25) is 0 Å². The van der Waals surface area contributed by atoms with Gasteiger partial charge in [0.15, 0.2) is 0 Å². The number of aromatic nitrogens is 4. The molecule has 4 heteroatoms. The van der Waals surface area contributed by atoms with Crippen molar-refractivity contribution in [1.82, 2.24) is 19.4 Å². The van der Waals surface area contributed by atoms with Crippen LogP contribution in [-0.2, 0) is 0 Å². The van der Waals surface area contributed by atoms with Gasteiger partial charge in [0.05, 0.1) is 29.1 Å². The van der Waals surface area contributed by atoms with Crippen molar-refractivity contribution in [2.24, 2.45) is 0 Å². The summed E-state index contributed by atoms with van der Waals surface area (Å²) in [4.78, 5) is 13.6. The SMILES string of the molecule is Cc1cccc(C)c1-c1cnc2c3ccccc3c3ncncc3n12. The molecule has 0 bridgehead atoms. The number of hydrogen-bond acceptors (Lipinski definition) is 3. The van der Waals surface area contributed by atoms with E-state index in [2.05, 4.69) is 58.5 Å². The zero-order chi connectivity index (χ0) is 17.0. The van der Waals surface area contributed by atoms with Crippen molar-refractivity contribution in [2.75, 3.05) is 0 Å². The number of imidazole rings is 1. The minimum Gasteiger partial charge on any atom is -0.289 e. The molecule has 0 spiro atoms. The van der Waals surface area contributed by atoms with Crippen LogP contribution in [0.5, 0.6) is 0 Å². The van der Waals surface area contributed by atoms with Gasteiger partial charge in [-0.15, -0.1) is 0 Å². The fraction of sp³-hybridized carbons (Fsp3) is 0.0952. The number of nitrogens with zero attached hydrogens (tertiary/aromatic N) is 4. The van der Waals surface area contributed by atoms with Crippen LogP contribution < -0.4 is 0 Å². The number of rotatable bonds is 1. The topological polar surface area (TPSA) is 43.1 Å². The average Bonchev–Trinajstić information content (AvgIpc) is 3.07. The van der Waals surface area contributed by atoms with Crippen molar-refractivity contribution in [3.05, 3.63) is 72.3 Å². The first kappa shape index (κ1) is 14.1. The van der Waals surface area contributed by atoms with Crippen LogP contribution in [0.4, 0.5) is 0 Å². The summed E-state index contributed by atoms with van der Waals surface area (Å²) in [5.74, 6) is 0. The predicted molar refractivity (Wildman–Crippen MR) is 101 cm³/mol. The second-order valence-corrected chi connectivity index (χ2v) is 6.37. The molecule has 120 valence electrons. The van der Waals surface area contributed by atoms with E-state index in [0.29, 0.717) is 0 Å². The molecule has 0 saturated carbocycles. The second kappa shape index (κ2) is 5.11. The molecule has 0 saturated heterocycles. The normalized spacial score (nSPS) is 11.6. The number of pyridine rings is 1. The molecule has 3 heterocycles. The van der Waals surface area contributed by atoms with Crippen LogP contribution in [0.3, 0.4) is 0 Å². The molecule has 25 heavy (non-hydrogen) atoms. The van der Waals surface area contributed by atoms with Gasteiger partial charge in [0, 0.05) is 16.3 Å². The van der Waals surface area contributed by atoms with E-state index >= 15 is 0 Å². The standard InChI is InChI=1S/C21H16N4/c1-13-6-5-7-14(2)19(13)17-11-23-21-16-9-4-3-8-15(16)20-18(25(17)21)10-22-12-24-20/h3-12H,1-2H3. The summed E-state index contributed by atoms with van der Waals surface area (Å²) in [5, 5.41) is 2.21. The highest BCUT2D eigenvalue weighted by molar-refractivity contribution is 6.10. The molecule has 0 aliphatic heterocycles.